The zero-order chi connectivity index (χ0) is 19.2. The van der Waals surface area contributed by atoms with E-state index in [1.807, 2.05) is 25.1 Å². The van der Waals surface area contributed by atoms with Crippen LogP contribution in [0.3, 0.4) is 0 Å². The van der Waals surface area contributed by atoms with Crippen molar-refractivity contribution in [1.29, 1.82) is 0 Å². The van der Waals surface area contributed by atoms with Crippen LogP contribution in [0.1, 0.15) is 18.9 Å². The predicted octanol–water partition coefficient (Wildman–Crippen LogP) is 6.63. The molecule has 0 aliphatic carbocycles. The first-order valence-electron chi connectivity index (χ1n) is 8.88. The van der Waals surface area contributed by atoms with Crippen LogP contribution in [0.2, 0.25) is 0 Å². The third-order valence-corrected chi connectivity index (χ3v) is 4.48. The van der Waals surface area contributed by atoms with Gasteiger partial charge in [0.15, 0.2) is 11.5 Å². The highest BCUT2D eigenvalue weighted by molar-refractivity contribution is 5.93. The van der Waals surface area contributed by atoms with Crippen molar-refractivity contribution in [3.8, 4) is 22.6 Å². The van der Waals surface area contributed by atoms with Gasteiger partial charge in [0, 0.05) is 5.39 Å². The molecular formula is C23H22F2O2. The lowest BCUT2D eigenvalue weighted by atomic mass is 9.99. The van der Waals surface area contributed by atoms with E-state index in [0.29, 0.717) is 11.1 Å². The predicted molar refractivity (Wildman–Crippen MR) is 106 cm³/mol. The van der Waals surface area contributed by atoms with Gasteiger partial charge in [0.2, 0.25) is 0 Å². The van der Waals surface area contributed by atoms with Gasteiger partial charge in [0.05, 0.1) is 7.11 Å². The molecule has 3 aromatic rings. The van der Waals surface area contributed by atoms with E-state index < -0.39 is 6.61 Å². The van der Waals surface area contributed by atoms with Gasteiger partial charge in [-0.15, -0.1) is 0 Å². The highest BCUT2D eigenvalue weighted by Gasteiger charge is 2.15. The summed E-state index contributed by atoms with van der Waals surface area (Å²) in [4.78, 5) is 0. The SMILES string of the molecule is C/C=C/CCc1ccc(-c2ccc3c(OC(F)F)c(OC)ccc3c2)cc1. The van der Waals surface area contributed by atoms with E-state index in [-0.39, 0.29) is 5.75 Å². The number of rotatable bonds is 7. The number of benzene rings is 3. The normalized spacial score (nSPS) is 11.4. The lowest BCUT2D eigenvalue weighted by Gasteiger charge is -2.13. The second-order valence-electron chi connectivity index (χ2n) is 6.22. The zero-order valence-corrected chi connectivity index (χ0v) is 15.4. The maximum Gasteiger partial charge on any atom is 0.387 e. The molecule has 0 spiro atoms. The van der Waals surface area contributed by atoms with Crippen LogP contribution in [0.5, 0.6) is 11.5 Å². The average molecular weight is 368 g/mol. The molecule has 0 unspecified atom stereocenters. The molecule has 0 heterocycles. The zero-order valence-electron chi connectivity index (χ0n) is 15.4. The minimum atomic E-state index is -2.90. The summed E-state index contributed by atoms with van der Waals surface area (Å²) >= 11 is 0. The van der Waals surface area contributed by atoms with Crippen molar-refractivity contribution in [1.82, 2.24) is 0 Å². The first-order chi connectivity index (χ1) is 13.1. The highest BCUT2D eigenvalue weighted by Crippen LogP contribution is 2.38. The summed E-state index contributed by atoms with van der Waals surface area (Å²) in [6, 6.07) is 17.6. The molecule has 27 heavy (non-hydrogen) atoms. The van der Waals surface area contributed by atoms with Gasteiger partial charge >= 0.3 is 6.61 Å². The van der Waals surface area contributed by atoms with E-state index >= 15 is 0 Å². The first-order valence-corrected chi connectivity index (χ1v) is 8.88. The van der Waals surface area contributed by atoms with Crippen molar-refractivity contribution >= 4 is 10.8 Å². The molecule has 0 aromatic heterocycles. The molecule has 0 saturated heterocycles. The molecule has 3 aromatic carbocycles. The van der Waals surface area contributed by atoms with Crippen molar-refractivity contribution in [3.05, 3.63) is 72.3 Å². The Hall–Kier alpha value is -2.88. The molecule has 0 bridgehead atoms. The van der Waals surface area contributed by atoms with Crippen LogP contribution in [-0.4, -0.2) is 13.7 Å². The first kappa shape index (κ1) is 18.9. The molecule has 0 aliphatic rings. The van der Waals surface area contributed by atoms with Crippen molar-refractivity contribution in [2.75, 3.05) is 7.11 Å². The Kier molecular flexibility index (Phi) is 6.07. The van der Waals surface area contributed by atoms with Gasteiger partial charge < -0.3 is 9.47 Å². The van der Waals surface area contributed by atoms with Gasteiger partial charge in [0.1, 0.15) is 0 Å². The average Bonchev–Trinajstić information content (AvgIpc) is 2.68. The lowest BCUT2D eigenvalue weighted by molar-refractivity contribution is -0.0501. The molecule has 0 aliphatic heterocycles. The third kappa shape index (κ3) is 4.45. The molecular weight excluding hydrogens is 346 g/mol. The minimum Gasteiger partial charge on any atom is -0.493 e. The van der Waals surface area contributed by atoms with Gasteiger partial charge in [-0.2, -0.15) is 8.78 Å². The maximum absolute atomic E-state index is 12.8. The third-order valence-electron chi connectivity index (χ3n) is 4.48. The van der Waals surface area contributed by atoms with Crippen molar-refractivity contribution in [3.63, 3.8) is 0 Å². The Bertz CT molecular complexity index is 931. The number of hydrogen-bond donors (Lipinski definition) is 0. The summed E-state index contributed by atoms with van der Waals surface area (Å²) < 4.78 is 35.4. The van der Waals surface area contributed by atoms with E-state index in [0.717, 1.165) is 29.4 Å². The standard InChI is InChI=1S/C23H22F2O2/c1-3-4-5-6-16-7-9-17(10-8-16)18-11-13-20-19(15-18)12-14-21(26-2)22(20)27-23(24)25/h3-4,7-15,23H,5-6H2,1-2H3/b4-3+. The number of methoxy groups -OCH3 is 1. The molecule has 140 valence electrons. The fraction of sp³-hybridized carbons (Fsp3) is 0.217. The molecule has 0 atom stereocenters. The number of aryl methyl sites for hydroxylation is 1. The molecule has 0 saturated carbocycles. The monoisotopic (exact) mass is 368 g/mol. The number of halogens is 2. The van der Waals surface area contributed by atoms with E-state index in [4.69, 9.17) is 9.47 Å². The molecule has 4 heteroatoms. The summed E-state index contributed by atoms with van der Waals surface area (Å²) in [6.45, 7) is -0.879. The van der Waals surface area contributed by atoms with Gasteiger partial charge in [0.25, 0.3) is 0 Å². The Balaban J connectivity index is 1.92. The van der Waals surface area contributed by atoms with Crippen molar-refractivity contribution in [2.24, 2.45) is 0 Å². The Morgan fingerprint density at radius 1 is 0.963 bits per heavy atom. The summed E-state index contributed by atoms with van der Waals surface area (Å²) in [5.74, 6) is 0.358. The molecule has 3 rings (SSSR count). The van der Waals surface area contributed by atoms with Crippen LogP contribution in [0.25, 0.3) is 21.9 Å². The molecule has 0 N–H and O–H groups in total. The molecule has 0 fully saturated rings. The molecule has 2 nitrogen and oxygen atoms in total. The smallest absolute Gasteiger partial charge is 0.387 e. The Morgan fingerprint density at radius 2 is 1.70 bits per heavy atom. The van der Waals surface area contributed by atoms with Crippen LogP contribution >= 0.6 is 0 Å². The number of ether oxygens (including phenoxy) is 2. The van der Waals surface area contributed by atoms with Gasteiger partial charge in [-0.05, 0) is 60.0 Å². The Labute approximate surface area is 158 Å². The van der Waals surface area contributed by atoms with E-state index in [9.17, 15) is 8.78 Å². The van der Waals surface area contributed by atoms with Crippen LogP contribution < -0.4 is 9.47 Å². The van der Waals surface area contributed by atoms with Crippen LogP contribution in [-0.2, 0) is 6.42 Å². The summed E-state index contributed by atoms with van der Waals surface area (Å²) in [7, 11) is 1.44. The fourth-order valence-corrected chi connectivity index (χ4v) is 3.11. The van der Waals surface area contributed by atoms with Gasteiger partial charge in [-0.25, -0.2) is 0 Å². The van der Waals surface area contributed by atoms with Crippen LogP contribution in [0, 0.1) is 0 Å². The molecule has 0 radical (unpaired) electrons. The van der Waals surface area contributed by atoms with Crippen molar-refractivity contribution in [2.45, 2.75) is 26.4 Å². The van der Waals surface area contributed by atoms with Crippen LogP contribution in [0.15, 0.2) is 66.7 Å². The van der Waals surface area contributed by atoms with E-state index in [1.54, 1.807) is 12.1 Å². The fourth-order valence-electron chi connectivity index (χ4n) is 3.11. The topological polar surface area (TPSA) is 18.5 Å². The molecule has 0 amide bonds. The summed E-state index contributed by atoms with van der Waals surface area (Å²) in [5.41, 5.74) is 3.39. The minimum absolute atomic E-state index is 0.0656. The lowest BCUT2D eigenvalue weighted by Crippen LogP contribution is -2.04. The quantitative estimate of drug-likeness (QED) is 0.436. The number of allylic oxidation sites excluding steroid dienone is 2. The van der Waals surface area contributed by atoms with Crippen LogP contribution in [0.4, 0.5) is 8.78 Å². The number of fused-ring (bicyclic) bond motifs is 1. The van der Waals surface area contributed by atoms with Gasteiger partial charge in [-0.3, -0.25) is 0 Å². The number of alkyl halides is 2. The largest absolute Gasteiger partial charge is 0.493 e. The maximum atomic E-state index is 12.8. The second kappa shape index (κ2) is 8.67. The highest BCUT2D eigenvalue weighted by atomic mass is 19.3. The summed E-state index contributed by atoms with van der Waals surface area (Å²) in [5, 5.41) is 1.42. The van der Waals surface area contributed by atoms with Crippen molar-refractivity contribution < 1.29 is 18.3 Å². The van der Waals surface area contributed by atoms with E-state index in [2.05, 4.69) is 36.4 Å². The van der Waals surface area contributed by atoms with E-state index in [1.165, 1.54) is 12.7 Å². The summed E-state index contributed by atoms with van der Waals surface area (Å²) in [6.07, 6.45) is 6.26. The second-order valence-corrected chi connectivity index (χ2v) is 6.22. The number of hydrogen-bond acceptors (Lipinski definition) is 2. The Morgan fingerprint density at radius 3 is 2.37 bits per heavy atom. The van der Waals surface area contributed by atoms with Gasteiger partial charge in [-0.1, -0.05) is 48.6 Å².